The molecule has 1 aromatic carbocycles. The Balaban J connectivity index is 0.000000231. The summed E-state index contributed by atoms with van der Waals surface area (Å²) in [5, 5.41) is 22.1. The average Bonchev–Trinajstić information content (AvgIpc) is 3.54. The molecule has 3 aromatic rings. The lowest BCUT2D eigenvalue weighted by Gasteiger charge is -2.20. The zero-order valence-corrected chi connectivity index (χ0v) is 20.0. The van der Waals surface area contributed by atoms with Crippen LogP contribution < -0.4 is 11.1 Å². The van der Waals surface area contributed by atoms with Gasteiger partial charge in [-0.3, -0.25) is 9.48 Å². The molecule has 2 atom stereocenters. The summed E-state index contributed by atoms with van der Waals surface area (Å²) in [6.07, 6.45) is 3.78. The highest BCUT2D eigenvalue weighted by Gasteiger charge is 2.53. The van der Waals surface area contributed by atoms with Crippen molar-refractivity contribution in [2.24, 2.45) is 18.9 Å². The van der Waals surface area contributed by atoms with Crippen molar-refractivity contribution < 1.29 is 18.8 Å². The molecule has 2 aliphatic carbocycles. The Labute approximate surface area is 201 Å². The molecular formula is C23H28ClFN6O3. The van der Waals surface area contributed by atoms with E-state index in [0.717, 1.165) is 30.5 Å². The molecule has 0 bridgehead atoms. The molecule has 0 radical (unpaired) electrons. The fourth-order valence-corrected chi connectivity index (χ4v) is 5.38. The summed E-state index contributed by atoms with van der Waals surface area (Å²) in [5.41, 5.74) is 7.00. The van der Waals surface area contributed by atoms with Crippen molar-refractivity contribution in [1.29, 1.82) is 0 Å². The van der Waals surface area contributed by atoms with Crippen LogP contribution in [0.25, 0.3) is 0 Å². The minimum atomic E-state index is -1.03. The fraction of sp³-hybridized carbons (Fsp3) is 0.478. The third-order valence-corrected chi connectivity index (χ3v) is 7.13. The summed E-state index contributed by atoms with van der Waals surface area (Å²) in [7, 11) is 3.50. The van der Waals surface area contributed by atoms with Gasteiger partial charge in [-0.1, -0.05) is 16.8 Å². The number of nitrogens with one attached hydrogen (secondary N) is 1. The normalized spacial score (nSPS) is 25.5. The quantitative estimate of drug-likeness (QED) is 0.470. The molecule has 2 saturated carbocycles. The first-order chi connectivity index (χ1) is 16.1. The maximum absolute atomic E-state index is 12.5. The van der Waals surface area contributed by atoms with E-state index in [1.165, 1.54) is 12.1 Å². The number of nitrogens with two attached hydrogens (primary N) is 1. The zero-order chi connectivity index (χ0) is 24.6. The van der Waals surface area contributed by atoms with E-state index < -0.39 is 5.60 Å². The molecule has 2 aromatic heterocycles. The SMILES string of the molecule is CNc1ccc(F)c(Cl)c1.Cc1noc(C2(O)CC3CC(c4nn(C)c(N)c4C=O)CC3C2)n1. The van der Waals surface area contributed by atoms with Crippen molar-refractivity contribution >= 4 is 29.4 Å². The van der Waals surface area contributed by atoms with Crippen LogP contribution in [0.4, 0.5) is 15.9 Å². The van der Waals surface area contributed by atoms with Crippen LogP contribution in [0.1, 0.15) is 59.4 Å². The number of aromatic nitrogens is 4. The minimum absolute atomic E-state index is 0.145. The van der Waals surface area contributed by atoms with Crippen molar-refractivity contribution in [2.45, 2.75) is 44.1 Å². The number of halogens is 2. The van der Waals surface area contributed by atoms with E-state index in [1.807, 2.05) is 0 Å². The number of rotatable bonds is 4. The van der Waals surface area contributed by atoms with Crippen LogP contribution in [0.2, 0.25) is 5.02 Å². The van der Waals surface area contributed by atoms with Crippen molar-refractivity contribution in [3.05, 3.63) is 52.0 Å². The topological polar surface area (TPSA) is 132 Å². The molecule has 2 unspecified atom stereocenters. The number of aldehydes is 1. The van der Waals surface area contributed by atoms with Gasteiger partial charge in [-0.2, -0.15) is 10.1 Å². The zero-order valence-electron chi connectivity index (χ0n) is 19.3. The Morgan fingerprint density at radius 1 is 1.35 bits per heavy atom. The van der Waals surface area contributed by atoms with E-state index in [1.54, 1.807) is 31.8 Å². The number of benzene rings is 1. The second-order valence-corrected chi connectivity index (χ2v) is 9.49. The van der Waals surface area contributed by atoms with Gasteiger partial charge in [0.15, 0.2) is 12.1 Å². The average molecular weight is 491 g/mol. The maximum Gasteiger partial charge on any atom is 0.258 e. The van der Waals surface area contributed by atoms with Crippen LogP contribution in [0.3, 0.4) is 0 Å². The molecule has 0 amide bonds. The van der Waals surface area contributed by atoms with E-state index in [2.05, 4.69) is 20.6 Å². The largest absolute Gasteiger partial charge is 0.388 e. The van der Waals surface area contributed by atoms with Crippen LogP contribution in [0.5, 0.6) is 0 Å². The molecule has 2 fully saturated rings. The van der Waals surface area contributed by atoms with Crippen LogP contribution in [0, 0.1) is 24.6 Å². The number of nitrogens with zero attached hydrogens (tertiary/aromatic N) is 4. The van der Waals surface area contributed by atoms with Crippen LogP contribution >= 0.6 is 11.6 Å². The molecule has 0 aliphatic heterocycles. The Bertz CT molecular complexity index is 1180. The van der Waals surface area contributed by atoms with Gasteiger partial charge < -0.3 is 20.7 Å². The van der Waals surface area contributed by atoms with Gasteiger partial charge in [-0.25, -0.2) is 4.39 Å². The number of anilines is 2. The summed E-state index contributed by atoms with van der Waals surface area (Å²) in [6, 6.07) is 4.49. The lowest BCUT2D eigenvalue weighted by Crippen LogP contribution is -2.23. The van der Waals surface area contributed by atoms with E-state index in [9.17, 15) is 14.3 Å². The molecule has 5 rings (SSSR count). The summed E-state index contributed by atoms with van der Waals surface area (Å²) >= 11 is 5.48. The van der Waals surface area contributed by atoms with Crippen LogP contribution in [-0.4, -0.2) is 38.4 Å². The summed E-state index contributed by atoms with van der Waals surface area (Å²) in [6.45, 7) is 1.74. The van der Waals surface area contributed by atoms with E-state index in [-0.39, 0.29) is 16.8 Å². The molecule has 2 aliphatic rings. The number of nitrogen functional groups attached to an aromatic ring is 1. The lowest BCUT2D eigenvalue weighted by molar-refractivity contribution is 0.00248. The summed E-state index contributed by atoms with van der Waals surface area (Å²) < 4.78 is 19.2. The number of carbonyl (C=O) groups is 1. The van der Waals surface area contributed by atoms with Crippen molar-refractivity contribution in [1.82, 2.24) is 19.9 Å². The number of aryl methyl sites for hydroxylation is 2. The van der Waals surface area contributed by atoms with Crippen molar-refractivity contribution in [3.8, 4) is 0 Å². The maximum atomic E-state index is 12.5. The Kier molecular flexibility index (Phi) is 6.64. The second kappa shape index (κ2) is 9.34. The fourth-order valence-electron chi connectivity index (χ4n) is 5.20. The highest BCUT2D eigenvalue weighted by Crippen LogP contribution is 2.56. The van der Waals surface area contributed by atoms with Gasteiger partial charge in [0.2, 0.25) is 0 Å². The van der Waals surface area contributed by atoms with Gasteiger partial charge in [0, 0.05) is 25.7 Å². The first-order valence-electron chi connectivity index (χ1n) is 11.1. The number of fused-ring (bicyclic) bond motifs is 1. The molecule has 2 heterocycles. The van der Waals surface area contributed by atoms with Gasteiger partial charge in [-0.05, 0) is 62.6 Å². The van der Waals surface area contributed by atoms with Crippen molar-refractivity contribution in [2.75, 3.05) is 18.1 Å². The molecule has 34 heavy (non-hydrogen) atoms. The standard InChI is InChI=1S/C16H21N5O3.C7H7ClFN/c1-8-18-15(24-20-8)16(23)5-10-3-9(4-11(10)6-16)13-12(7-22)14(17)21(2)19-13;1-10-5-2-3-7(9)6(8)4-5/h7,9-11,23H,3-6,17H2,1-2H3;2-4,10H,1H3. The first kappa shape index (κ1) is 24.2. The number of hydrogen-bond acceptors (Lipinski definition) is 8. The highest BCUT2D eigenvalue weighted by atomic mass is 35.5. The van der Waals surface area contributed by atoms with E-state index >= 15 is 0 Å². The summed E-state index contributed by atoms with van der Waals surface area (Å²) in [5.74, 6) is 1.80. The van der Waals surface area contributed by atoms with Crippen LogP contribution in [0.15, 0.2) is 22.7 Å². The molecule has 11 heteroatoms. The summed E-state index contributed by atoms with van der Waals surface area (Å²) in [4.78, 5) is 15.6. The third-order valence-electron chi connectivity index (χ3n) is 6.84. The Morgan fingerprint density at radius 2 is 2.03 bits per heavy atom. The molecule has 4 N–H and O–H groups in total. The smallest absolute Gasteiger partial charge is 0.258 e. The van der Waals surface area contributed by atoms with Gasteiger partial charge in [0.1, 0.15) is 17.2 Å². The highest BCUT2D eigenvalue weighted by molar-refractivity contribution is 6.31. The number of hydrogen-bond donors (Lipinski definition) is 3. The monoisotopic (exact) mass is 490 g/mol. The first-order valence-corrected chi connectivity index (χ1v) is 11.5. The Morgan fingerprint density at radius 3 is 2.56 bits per heavy atom. The molecule has 0 saturated heterocycles. The molecule has 0 spiro atoms. The van der Waals surface area contributed by atoms with Gasteiger partial charge in [0.05, 0.1) is 16.3 Å². The number of carbonyl (C=O) groups excluding carboxylic acids is 1. The molecule has 9 nitrogen and oxygen atoms in total. The Hall–Kier alpha value is -2.98. The third kappa shape index (κ3) is 4.52. The van der Waals surface area contributed by atoms with Crippen molar-refractivity contribution in [3.63, 3.8) is 0 Å². The van der Waals surface area contributed by atoms with E-state index in [4.69, 9.17) is 21.9 Å². The van der Waals surface area contributed by atoms with Gasteiger partial charge in [-0.15, -0.1) is 0 Å². The second-order valence-electron chi connectivity index (χ2n) is 9.08. The van der Waals surface area contributed by atoms with Gasteiger partial charge >= 0.3 is 0 Å². The predicted molar refractivity (Wildman–Crippen MR) is 125 cm³/mol. The van der Waals surface area contributed by atoms with Crippen LogP contribution in [-0.2, 0) is 12.6 Å². The van der Waals surface area contributed by atoms with Gasteiger partial charge in [0.25, 0.3) is 5.89 Å². The number of aliphatic hydroxyl groups is 1. The minimum Gasteiger partial charge on any atom is -0.388 e. The molecular weight excluding hydrogens is 463 g/mol. The lowest BCUT2D eigenvalue weighted by atomic mass is 9.92. The molecule has 182 valence electrons. The van der Waals surface area contributed by atoms with E-state index in [0.29, 0.717) is 47.8 Å². The predicted octanol–water partition coefficient (Wildman–Crippen LogP) is 3.82.